The van der Waals surface area contributed by atoms with Crippen molar-refractivity contribution in [2.24, 2.45) is 5.10 Å². The van der Waals surface area contributed by atoms with Crippen LogP contribution >= 0.6 is 11.6 Å². The van der Waals surface area contributed by atoms with Gasteiger partial charge in [0.15, 0.2) is 0 Å². The largest absolute Gasteiger partial charge is 0.497 e. The highest BCUT2D eigenvalue weighted by molar-refractivity contribution is 6.30. The number of nitrogens with zero attached hydrogens (tertiary/aromatic N) is 1. The van der Waals surface area contributed by atoms with Crippen LogP contribution in [0.25, 0.3) is 0 Å². The Balaban J connectivity index is 2.12. The first-order valence-electron chi connectivity index (χ1n) is 6.46. The fourth-order valence-corrected chi connectivity index (χ4v) is 2.49. The molecule has 0 amide bonds. The number of rotatable bonds is 2. The normalized spacial score (nSPS) is 16.9. The molecule has 0 bridgehead atoms. The molecule has 0 radical (unpaired) electrons. The van der Waals surface area contributed by atoms with Gasteiger partial charge in [0.2, 0.25) is 0 Å². The second-order valence-corrected chi connectivity index (χ2v) is 5.21. The molecule has 2 aromatic carbocycles. The van der Waals surface area contributed by atoms with Crippen LogP contribution in [0, 0.1) is 0 Å². The van der Waals surface area contributed by atoms with Gasteiger partial charge in [-0.25, -0.2) is 0 Å². The Morgan fingerprint density at radius 2 is 1.90 bits per heavy atom. The zero-order valence-electron chi connectivity index (χ0n) is 11.4. The summed E-state index contributed by atoms with van der Waals surface area (Å²) in [5, 5.41) is 5.21. The molecule has 1 aliphatic heterocycles. The van der Waals surface area contributed by atoms with Crippen molar-refractivity contribution >= 4 is 17.3 Å². The molecule has 0 aliphatic carbocycles. The Labute approximate surface area is 123 Å². The van der Waals surface area contributed by atoms with Crippen molar-refractivity contribution in [3.63, 3.8) is 0 Å². The molecule has 1 aliphatic rings. The van der Waals surface area contributed by atoms with Crippen molar-refractivity contribution in [1.29, 1.82) is 0 Å². The third-order valence-electron chi connectivity index (χ3n) is 3.47. The van der Waals surface area contributed by atoms with E-state index in [-0.39, 0.29) is 6.04 Å². The number of benzene rings is 2. The van der Waals surface area contributed by atoms with E-state index in [9.17, 15) is 0 Å². The Hall–Kier alpha value is -2.00. The molecule has 1 unspecified atom stereocenters. The summed E-state index contributed by atoms with van der Waals surface area (Å²) >= 11 is 5.95. The number of hydrogen-bond donors (Lipinski definition) is 1. The standard InChI is InChI=1S/C16H15ClN2O/c1-10-14-8-7-13(20-2)9-15(14)16(19-18-10)11-3-5-12(17)6-4-11/h3-10,18H,1-2H3. The summed E-state index contributed by atoms with van der Waals surface area (Å²) in [6.07, 6.45) is 0. The van der Waals surface area contributed by atoms with Crippen LogP contribution in [0.1, 0.15) is 29.7 Å². The van der Waals surface area contributed by atoms with Crippen LogP contribution in [0.5, 0.6) is 5.75 Å². The summed E-state index contributed by atoms with van der Waals surface area (Å²) in [5.74, 6) is 0.833. The molecule has 0 fully saturated rings. The van der Waals surface area contributed by atoms with Gasteiger partial charge in [-0.2, -0.15) is 5.10 Å². The summed E-state index contributed by atoms with van der Waals surface area (Å²) in [5.41, 5.74) is 7.40. The zero-order valence-corrected chi connectivity index (χ0v) is 12.1. The van der Waals surface area contributed by atoms with Crippen molar-refractivity contribution in [3.05, 3.63) is 64.2 Å². The lowest BCUT2D eigenvalue weighted by atomic mass is 9.93. The topological polar surface area (TPSA) is 33.6 Å². The number of ether oxygens (including phenoxy) is 1. The summed E-state index contributed by atoms with van der Waals surface area (Å²) in [4.78, 5) is 0. The highest BCUT2D eigenvalue weighted by atomic mass is 35.5. The number of fused-ring (bicyclic) bond motifs is 1. The first kappa shape index (κ1) is 13.0. The summed E-state index contributed by atoms with van der Waals surface area (Å²) in [6.45, 7) is 2.09. The molecule has 3 rings (SSSR count). The van der Waals surface area contributed by atoms with Gasteiger partial charge in [-0.15, -0.1) is 0 Å². The van der Waals surface area contributed by atoms with Gasteiger partial charge < -0.3 is 10.2 Å². The number of hydrazone groups is 1. The Bertz CT molecular complexity index is 665. The van der Waals surface area contributed by atoms with E-state index in [1.165, 1.54) is 5.56 Å². The van der Waals surface area contributed by atoms with Gasteiger partial charge in [0.05, 0.1) is 18.9 Å². The van der Waals surface area contributed by atoms with Crippen molar-refractivity contribution < 1.29 is 4.74 Å². The number of methoxy groups -OCH3 is 1. The van der Waals surface area contributed by atoms with E-state index in [1.54, 1.807) is 7.11 Å². The summed E-state index contributed by atoms with van der Waals surface area (Å²) in [7, 11) is 1.67. The molecule has 0 spiro atoms. The number of nitrogens with one attached hydrogen (secondary N) is 1. The van der Waals surface area contributed by atoms with E-state index >= 15 is 0 Å². The van der Waals surface area contributed by atoms with Gasteiger partial charge in [-0.1, -0.05) is 29.8 Å². The van der Waals surface area contributed by atoms with Crippen LogP contribution in [0.3, 0.4) is 0 Å². The molecule has 2 aromatic rings. The molecule has 3 nitrogen and oxygen atoms in total. The lowest BCUT2D eigenvalue weighted by molar-refractivity contribution is 0.414. The molecule has 4 heteroatoms. The third-order valence-corrected chi connectivity index (χ3v) is 3.72. The fourth-order valence-electron chi connectivity index (χ4n) is 2.36. The maximum absolute atomic E-state index is 5.95. The minimum absolute atomic E-state index is 0.187. The molecule has 0 saturated carbocycles. The minimum atomic E-state index is 0.187. The minimum Gasteiger partial charge on any atom is -0.497 e. The van der Waals surface area contributed by atoms with Crippen LogP contribution in [-0.4, -0.2) is 12.8 Å². The Morgan fingerprint density at radius 1 is 1.15 bits per heavy atom. The third kappa shape index (κ3) is 2.25. The molecule has 20 heavy (non-hydrogen) atoms. The summed E-state index contributed by atoms with van der Waals surface area (Å²) < 4.78 is 5.32. The average molecular weight is 287 g/mol. The lowest BCUT2D eigenvalue weighted by Gasteiger charge is -2.24. The van der Waals surface area contributed by atoms with Crippen molar-refractivity contribution in [1.82, 2.24) is 5.43 Å². The smallest absolute Gasteiger partial charge is 0.119 e. The van der Waals surface area contributed by atoms with Crippen LogP contribution in [0.2, 0.25) is 5.02 Å². The van der Waals surface area contributed by atoms with Gasteiger partial charge in [0.25, 0.3) is 0 Å². The second kappa shape index (κ2) is 5.17. The first-order chi connectivity index (χ1) is 9.69. The monoisotopic (exact) mass is 286 g/mol. The van der Waals surface area contributed by atoms with E-state index in [2.05, 4.69) is 23.5 Å². The van der Waals surface area contributed by atoms with Crippen LogP contribution in [-0.2, 0) is 0 Å². The van der Waals surface area contributed by atoms with E-state index < -0.39 is 0 Å². The number of halogens is 1. The highest BCUT2D eigenvalue weighted by Gasteiger charge is 2.21. The van der Waals surface area contributed by atoms with E-state index in [4.69, 9.17) is 16.3 Å². The summed E-state index contributed by atoms with van der Waals surface area (Å²) in [6, 6.07) is 14.0. The SMILES string of the molecule is COc1ccc2c(c1)C(c1ccc(Cl)cc1)=NNC2C. The molecule has 1 atom stereocenters. The molecule has 0 saturated heterocycles. The van der Waals surface area contributed by atoms with Crippen molar-refractivity contribution in [2.45, 2.75) is 13.0 Å². The highest BCUT2D eigenvalue weighted by Crippen LogP contribution is 2.29. The van der Waals surface area contributed by atoms with Gasteiger partial charge in [0, 0.05) is 16.1 Å². The predicted octanol–water partition coefficient (Wildman–Crippen LogP) is 3.77. The van der Waals surface area contributed by atoms with Crippen molar-refractivity contribution in [3.8, 4) is 5.75 Å². The fraction of sp³-hybridized carbons (Fsp3) is 0.188. The molecular formula is C16H15ClN2O. The van der Waals surface area contributed by atoms with Crippen LogP contribution in [0.15, 0.2) is 47.6 Å². The Kier molecular flexibility index (Phi) is 3.36. The molecule has 102 valence electrons. The van der Waals surface area contributed by atoms with E-state index in [1.807, 2.05) is 36.4 Å². The maximum Gasteiger partial charge on any atom is 0.119 e. The van der Waals surface area contributed by atoms with Crippen molar-refractivity contribution in [2.75, 3.05) is 7.11 Å². The van der Waals surface area contributed by atoms with E-state index in [0.717, 1.165) is 27.6 Å². The van der Waals surface area contributed by atoms with Gasteiger partial charge in [-0.3, -0.25) is 0 Å². The van der Waals surface area contributed by atoms with Gasteiger partial charge in [0.1, 0.15) is 5.75 Å². The molecule has 0 aromatic heterocycles. The zero-order chi connectivity index (χ0) is 14.1. The number of hydrogen-bond acceptors (Lipinski definition) is 3. The lowest BCUT2D eigenvalue weighted by Crippen LogP contribution is -2.24. The average Bonchev–Trinajstić information content (AvgIpc) is 2.48. The predicted molar refractivity (Wildman–Crippen MR) is 81.6 cm³/mol. The quantitative estimate of drug-likeness (QED) is 0.912. The second-order valence-electron chi connectivity index (χ2n) is 4.77. The van der Waals surface area contributed by atoms with Crippen LogP contribution in [0.4, 0.5) is 0 Å². The van der Waals surface area contributed by atoms with Gasteiger partial charge in [-0.05, 0) is 36.8 Å². The van der Waals surface area contributed by atoms with E-state index in [0.29, 0.717) is 0 Å². The molecule has 1 heterocycles. The Morgan fingerprint density at radius 3 is 2.60 bits per heavy atom. The first-order valence-corrected chi connectivity index (χ1v) is 6.84. The molecule has 1 N–H and O–H groups in total. The molecular weight excluding hydrogens is 272 g/mol. The van der Waals surface area contributed by atoms with Gasteiger partial charge >= 0.3 is 0 Å². The van der Waals surface area contributed by atoms with Crippen LogP contribution < -0.4 is 10.2 Å². The maximum atomic E-state index is 5.95.